The van der Waals surface area contributed by atoms with Crippen molar-refractivity contribution < 1.29 is 38.9 Å². The van der Waals surface area contributed by atoms with Gasteiger partial charge in [-0.2, -0.15) is 0 Å². The number of nitrogens with one attached hydrogen (secondary N) is 1. The Hall–Kier alpha value is -2.87. The highest BCUT2D eigenvalue weighted by atomic mass is 31.2. The molecule has 0 aromatic heterocycles. The molecule has 0 aliphatic rings. The van der Waals surface area contributed by atoms with Crippen LogP contribution in [-0.4, -0.2) is 44.7 Å². The van der Waals surface area contributed by atoms with E-state index in [0.29, 0.717) is 25.0 Å². The number of hydrogen-bond donors (Lipinski definition) is 5. The molecule has 156 valence electrons. The van der Waals surface area contributed by atoms with Crippen LogP contribution >= 0.6 is 7.60 Å². The number of carboxylic acids is 2. The van der Waals surface area contributed by atoms with Crippen LogP contribution in [0.3, 0.4) is 0 Å². The van der Waals surface area contributed by atoms with E-state index in [9.17, 15) is 24.4 Å². The lowest BCUT2D eigenvalue weighted by molar-refractivity contribution is 0.0687. The molecule has 0 radical (unpaired) electrons. The summed E-state index contributed by atoms with van der Waals surface area (Å²) in [6.45, 7) is 0.273. The second-order valence-corrected chi connectivity index (χ2v) is 8.06. The highest BCUT2D eigenvalue weighted by molar-refractivity contribution is 7.51. The molecular weight excluding hydrogens is 401 g/mol. The topological polar surface area (TPSA) is 153 Å². The Morgan fingerprint density at radius 3 is 2.21 bits per heavy atom. The molecule has 0 unspecified atom stereocenters. The van der Waals surface area contributed by atoms with Crippen LogP contribution in [0.5, 0.6) is 5.75 Å². The summed E-state index contributed by atoms with van der Waals surface area (Å²) in [4.78, 5) is 40.5. The lowest BCUT2D eigenvalue weighted by Crippen LogP contribution is -2.07. The molecule has 0 bridgehead atoms. The molecule has 9 nitrogen and oxygen atoms in total. The molecule has 2 aromatic rings. The monoisotopic (exact) mass is 423 g/mol. The van der Waals surface area contributed by atoms with E-state index in [1.807, 2.05) is 0 Å². The minimum atomic E-state index is -3.98. The number of rotatable bonds is 11. The summed E-state index contributed by atoms with van der Waals surface area (Å²) in [6.07, 6.45) is 1.34. The van der Waals surface area contributed by atoms with Gasteiger partial charge in [-0.05, 0) is 49.6 Å². The maximum Gasteiger partial charge on any atom is 0.337 e. The number of aromatic carboxylic acids is 2. The molecular formula is C19H22NO8P. The Kier molecular flexibility index (Phi) is 7.78. The average molecular weight is 423 g/mol. The van der Waals surface area contributed by atoms with Crippen LogP contribution in [0.25, 0.3) is 0 Å². The van der Waals surface area contributed by atoms with Gasteiger partial charge in [0.05, 0.1) is 29.1 Å². The molecule has 2 rings (SSSR count). The first-order chi connectivity index (χ1) is 13.7. The van der Waals surface area contributed by atoms with E-state index < -0.39 is 19.5 Å². The van der Waals surface area contributed by atoms with Crippen molar-refractivity contribution in [3.05, 3.63) is 53.6 Å². The fourth-order valence-electron chi connectivity index (χ4n) is 2.61. The van der Waals surface area contributed by atoms with Crippen LogP contribution < -0.4 is 10.1 Å². The maximum absolute atomic E-state index is 11.6. The third-order valence-corrected chi connectivity index (χ3v) is 4.91. The maximum atomic E-state index is 11.6. The molecule has 0 fully saturated rings. The minimum absolute atomic E-state index is 0.0134. The van der Waals surface area contributed by atoms with Crippen molar-refractivity contribution in [2.75, 3.05) is 18.1 Å². The Balaban J connectivity index is 2.03. The molecule has 29 heavy (non-hydrogen) atoms. The highest BCUT2D eigenvalue weighted by Crippen LogP contribution is 2.35. The molecule has 0 saturated heterocycles. The second kappa shape index (κ2) is 10.1. The Morgan fingerprint density at radius 2 is 1.55 bits per heavy atom. The first-order valence-corrected chi connectivity index (χ1v) is 10.6. The van der Waals surface area contributed by atoms with E-state index in [4.69, 9.17) is 14.5 Å². The summed E-state index contributed by atoms with van der Waals surface area (Å²) in [6, 6.07) is 10.6. The molecule has 0 aliphatic carbocycles. The first kappa shape index (κ1) is 22.4. The van der Waals surface area contributed by atoms with E-state index >= 15 is 0 Å². The zero-order valence-electron chi connectivity index (χ0n) is 15.4. The van der Waals surface area contributed by atoms with Crippen molar-refractivity contribution >= 4 is 30.9 Å². The van der Waals surface area contributed by atoms with Crippen molar-refractivity contribution in [1.29, 1.82) is 0 Å². The van der Waals surface area contributed by atoms with Gasteiger partial charge in [0.15, 0.2) is 0 Å². The number of carboxylic acid groups (broad SMARTS) is 2. The third-order valence-electron chi connectivity index (χ3n) is 4.01. The zero-order valence-corrected chi connectivity index (χ0v) is 16.3. The predicted molar refractivity (Wildman–Crippen MR) is 106 cm³/mol. The molecule has 0 atom stereocenters. The second-order valence-electron chi connectivity index (χ2n) is 6.29. The molecule has 0 heterocycles. The zero-order chi connectivity index (χ0) is 21.4. The SMILES string of the molecule is O=C(O)c1ccccc1Nc1ccc(OCCCCCP(=O)(O)O)cc1C(=O)O. The number of benzene rings is 2. The average Bonchev–Trinajstić information content (AvgIpc) is 2.64. The van der Waals surface area contributed by atoms with Gasteiger partial charge in [-0.15, -0.1) is 0 Å². The number of hydrogen-bond acceptors (Lipinski definition) is 5. The summed E-state index contributed by atoms with van der Waals surface area (Å²) >= 11 is 0. The van der Waals surface area contributed by atoms with Crippen molar-refractivity contribution in [2.45, 2.75) is 19.3 Å². The Morgan fingerprint density at radius 1 is 0.897 bits per heavy atom. The predicted octanol–water partition coefficient (Wildman–Crippen LogP) is 3.55. The van der Waals surface area contributed by atoms with Gasteiger partial charge in [0.2, 0.25) is 0 Å². The van der Waals surface area contributed by atoms with E-state index in [0.717, 1.165) is 0 Å². The summed E-state index contributed by atoms with van der Waals surface area (Å²) < 4.78 is 16.3. The van der Waals surface area contributed by atoms with Gasteiger partial charge in [-0.3, -0.25) is 4.57 Å². The van der Waals surface area contributed by atoms with Crippen LogP contribution in [0.2, 0.25) is 0 Å². The van der Waals surface area contributed by atoms with Gasteiger partial charge in [0, 0.05) is 6.16 Å². The molecule has 0 spiro atoms. The van der Waals surface area contributed by atoms with Gasteiger partial charge in [-0.25, -0.2) is 9.59 Å². The van der Waals surface area contributed by atoms with Crippen LogP contribution in [0.15, 0.2) is 42.5 Å². The van der Waals surface area contributed by atoms with E-state index in [-0.39, 0.29) is 35.3 Å². The van der Waals surface area contributed by atoms with Crippen LogP contribution in [0.4, 0.5) is 11.4 Å². The molecule has 0 saturated carbocycles. The summed E-state index contributed by atoms with van der Waals surface area (Å²) in [5.41, 5.74) is 0.421. The summed E-state index contributed by atoms with van der Waals surface area (Å²) in [7, 11) is -3.98. The van der Waals surface area contributed by atoms with Crippen molar-refractivity contribution in [2.24, 2.45) is 0 Å². The highest BCUT2D eigenvalue weighted by Gasteiger charge is 2.15. The van der Waals surface area contributed by atoms with Gasteiger partial charge in [0.25, 0.3) is 0 Å². The summed E-state index contributed by atoms with van der Waals surface area (Å²) in [5, 5.41) is 21.6. The van der Waals surface area contributed by atoms with Crippen LogP contribution in [-0.2, 0) is 4.57 Å². The van der Waals surface area contributed by atoms with E-state index in [1.54, 1.807) is 18.2 Å². The molecule has 2 aromatic carbocycles. The van der Waals surface area contributed by atoms with Crippen LogP contribution in [0.1, 0.15) is 40.0 Å². The van der Waals surface area contributed by atoms with E-state index in [2.05, 4.69) is 5.32 Å². The summed E-state index contributed by atoms with van der Waals surface area (Å²) in [5.74, 6) is -2.01. The van der Waals surface area contributed by atoms with Gasteiger partial charge >= 0.3 is 19.5 Å². The number of carbonyl (C=O) groups is 2. The van der Waals surface area contributed by atoms with Crippen molar-refractivity contribution in [1.82, 2.24) is 0 Å². The standard InChI is InChI=1S/C19H22NO8P/c21-18(22)14-6-2-3-7-16(14)20-17-9-8-13(12-15(17)19(23)24)28-10-4-1-5-11-29(25,26)27/h2-3,6-9,12,20H,1,4-5,10-11H2,(H,21,22)(H,23,24)(H2,25,26,27). The number of para-hydroxylation sites is 1. The van der Waals surface area contributed by atoms with Gasteiger partial charge in [-0.1, -0.05) is 12.1 Å². The Labute approximate surface area is 167 Å². The number of unbranched alkanes of at least 4 members (excludes halogenated alkanes) is 2. The molecule has 0 amide bonds. The van der Waals surface area contributed by atoms with Gasteiger partial charge in [0.1, 0.15) is 5.75 Å². The van der Waals surface area contributed by atoms with Crippen molar-refractivity contribution in [3.8, 4) is 5.75 Å². The number of anilines is 2. The third kappa shape index (κ3) is 7.23. The molecule has 10 heteroatoms. The quantitative estimate of drug-likeness (QED) is 0.270. The normalized spacial score (nSPS) is 11.1. The van der Waals surface area contributed by atoms with Crippen molar-refractivity contribution in [3.63, 3.8) is 0 Å². The minimum Gasteiger partial charge on any atom is -0.494 e. The lowest BCUT2D eigenvalue weighted by Gasteiger charge is -2.14. The first-order valence-electron chi connectivity index (χ1n) is 8.81. The Bertz CT molecular complexity index is 924. The molecule has 0 aliphatic heterocycles. The lowest BCUT2D eigenvalue weighted by atomic mass is 10.1. The van der Waals surface area contributed by atoms with Crippen LogP contribution in [0, 0.1) is 0 Å². The fraction of sp³-hybridized carbons (Fsp3) is 0.263. The fourth-order valence-corrected chi connectivity index (χ4v) is 3.24. The largest absolute Gasteiger partial charge is 0.494 e. The molecule has 5 N–H and O–H groups in total. The van der Waals surface area contributed by atoms with Gasteiger partial charge < -0.3 is 30.1 Å². The smallest absolute Gasteiger partial charge is 0.337 e. The van der Waals surface area contributed by atoms with E-state index in [1.165, 1.54) is 24.3 Å². The number of ether oxygens (including phenoxy) is 1.